The summed E-state index contributed by atoms with van der Waals surface area (Å²) in [7, 11) is 0. The van der Waals surface area contributed by atoms with Crippen molar-refractivity contribution in [1.29, 1.82) is 0 Å². The van der Waals surface area contributed by atoms with Crippen LogP contribution in [0.3, 0.4) is 0 Å². The topological polar surface area (TPSA) is 124 Å². The monoisotopic (exact) mass is 348 g/mol. The molecule has 0 aliphatic carbocycles. The molecule has 2 rings (SSSR count). The van der Waals surface area contributed by atoms with Gasteiger partial charge in [0.25, 0.3) is 0 Å². The number of carbonyl (C=O) groups is 4. The predicted molar refractivity (Wildman–Crippen MR) is 88.1 cm³/mol. The Morgan fingerprint density at radius 3 is 2.44 bits per heavy atom. The van der Waals surface area contributed by atoms with E-state index in [1.807, 2.05) is 19.1 Å². The van der Waals surface area contributed by atoms with Crippen LogP contribution in [0, 0.1) is 12.8 Å². The van der Waals surface area contributed by atoms with E-state index < -0.39 is 29.8 Å². The standard InChI is InChI=1S/C17H20N2O6/c1-10-2-4-12(5-3-10)19-9-11(8-14(19)20)16(23)18-13(17(24)25)6-7-15(21)22/h2-5,11,13H,6-9H2,1H3,(H,18,23)(H,21,22)(H,24,25). The molecule has 1 aliphatic rings. The van der Waals surface area contributed by atoms with Gasteiger partial charge in [0.15, 0.2) is 0 Å². The molecule has 1 aliphatic heterocycles. The Morgan fingerprint density at radius 1 is 1.24 bits per heavy atom. The second-order valence-electron chi connectivity index (χ2n) is 6.07. The van der Waals surface area contributed by atoms with Gasteiger partial charge in [-0.3, -0.25) is 14.4 Å². The third-order valence-corrected chi connectivity index (χ3v) is 4.10. The van der Waals surface area contributed by atoms with Gasteiger partial charge in [0, 0.05) is 25.1 Å². The van der Waals surface area contributed by atoms with Gasteiger partial charge in [-0.2, -0.15) is 0 Å². The van der Waals surface area contributed by atoms with Gasteiger partial charge in [-0.05, 0) is 25.5 Å². The summed E-state index contributed by atoms with van der Waals surface area (Å²) in [5.74, 6) is -3.86. The minimum absolute atomic E-state index is 0.00895. The van der Waals surface area contributed by atoms with Crippen LogP contribution in [0.4, 0.5) is 5.69 Å². The summed E-state index contributed by atoms with van der Waals surface area (Å²) in [5, 5.41) is 20.1. The summed E-state index contributed by atoms with van der Waals surface area (Å²) in [6, 6.07) is 6.03. The lowest BCUT2D eigenvalue weighted by Crippen LogP contribution is -2.44. The number of carbonyl (C=O) groups excluding carboxylic acids is 2. The third-order valence-electron chi connectivity index (χ3n) is 4.10. The molecular formula is C17H20N2O6. The smallest absolute Gasteiger partial charge is 0.326 e. The first-order valence-corrected chi connectivity index (χ1v) is 7.90. The van der Waals surface area contributed by atoms with Crippen LogP contribution < -0.4 is 10.2 Å². The highest BCUT2D eigenvalue weighted by Crippen LogP contribution is 2.25. The van der Waals surface area contributed by atoms with Crippen molar-refractivity contribution in [3.8, 4) is 0 Å². The Bertz CT molecular complexity index is 685. The molecule has 0 spiro atoms. The van der Waals surface area contributed by atoms with Crippen molar-refractivity contribution >= 4 is 29.4 Å². The highest BCUT2D eigenvalue weighted by Gasteiger charge is 2.36. The molecule has 2 amide bonds. The zero-order valence-corrected chi connectivity index (χ0v) is 13.8. The molecule has 2 unspecified atom stereocenters. The van der Waals surface area contributed by atoms with E-state index in [0.29, 0.717) is 5.69 Å². The normalized spacial score (nSPS) is 18.0. The predicted octanol–water partition coefficient (Wildman–Crippen LogP) is 0.782. The van der Waals surface area contributed by atoms with Crippen molar-refractivity contribution in [3.05, 3.63) is 29.8 Å². The molecule has 1 aromatic rings. The van der Waals surface area contributed by atoms with E-state index in [0.717, 1.165) is 5.56 Å². The SMILES string of the molecule is Cc1ccc(N2CC(C(=O)NC(CCC(=O)O)C(=O)O)CC2=O)cc1. The van der Waals surface area contributed by atoms with Crippen LogP contribution in [-0.4, -0.2) is 46.6 Å². The summed E-state index contributed by atoms with van der Waals surface area (Å²) in [4.78, 5) is 47.7. The fraction of sp³-hybridized carbons (Fsp3) is 0.412. The fourth-order valence-electron chi connectivity index (χ4n) is 2.67. The number of nitrogens with one attached hydrogen (secondary N) is 1. The summed E-state index contributed by atoms with van der Waals surface area (Å²) in [6.07, 6.45) is -0.583. The molecule has 134 valence electrons. The van der Waals surface area contributed by atoms with Crippen LogP contribution in [0.15, 0.2) is 24.3 Å². The van der Waals surface area contributed by atoms with E-state index in [4.69, 9.17) is 10.2 Å². The van der Waals surface area contributed by atoms with Gasteiger partial charge in [0.1, 0.15) is 6.04 Å². The molecule has 1 aromatic carbocycles. The molecule has 1 fully saturated rings. The molecule has 25 heavy (non-hydrogen) atoms. The van der Waals surface area contributed by atoms with E-state index in [1.54, 1.807) is 12.1 Å². The minimum Gasteiger partial charge on any atom is -0.481 e. The second kappa shape index (κ2) is 7.78. The van der Waals surface area contributed by atoms with Crippen LogP contribution in [0.2, 0.25) is 0 Å². The fourth-order valence-corrected chi connectivity index (χ4v) is 2.67. The highest BCUT2D eigenvalue weighted by molar-refractivity contribution is 6.00. The molecule has 1 saturated heterocycles. The summed E-state index contributed by atoms with van der Waals surface area (Å²) >= 11 is 0. The van der Waals surface area contributed by atoms with Crippen molar-refractivity contribution < 1.29 is 29.4 Å². The first-order valence-electron chi connectivity index (χ1n) is 7.90. The highest BCUT2D eigenvalue weighted by atomic mass is 16.4. The van der Waals surface area contributed by atoms with Crippen LogP contribution in [0.1, 0.15) is 24.8 Å². The van der Waals surface area contributed by atoms with Gasteiger partial charge in [0.05, 0.1) is 5.92 Å². The quantitative estimate of drug-likeness (QED) is 0.669. The van der Waals surface area contributed by atoms with Crippen molar-refractivity contribution in [2.45, 2.75) is 32.2 Å². The number of hydrogen-bond acceptors (Lipinski definition) is 4. The average Bonchev–Trinajstić information content (AvgIpc) is 2.93. The average molecular weight is 348 g/mol. The molecule has 0 saturated carbocycles. The largest absolute Gasteiger partial charge is 0.481 e. The number of benzene rings is 1. The van der Waals surface area contributed by atoms with Crippen LogP contribution in [0.25, 0.3) is 0 Å². The van der Waals surface area contributed by atoms with E-state index in [1.165, 1.54) is 4.90 Å². The number of amides is 2. The van der Waals surface area contributed by atoms with Crippen molar-refractivity contribution in [1.82, 2.24) is 5.32 Å². The summed E-state index contributed by atoms with van der Waals surface area (Å²) in [5.41, 5.74) is 1.74. The molecule has 3 N–H and O–H groups in total. The van der Waals surface area contributed by atoms with Crippen LogP contribution in [-0.2, 0) is 19.2 Å². The van der Waals surface area contributed by atoms with Gasteiger partial charge in [-0.25, -0.2) is 4.79 Å². The van der Waals surface area contributed by atoms with Gasteiger partial charge in [-0.15, -0.1) is 0 Å². The molecule has 0 bridgehead atoms. The van der Waals surface area contributed by atoms with Gasteiger partial charge < -0.3 is 20.4 Å². The lowest BCUT2D eigenvalue weighted by atomic mass is 10.1. The van der Waals surface area contributed by atoms with Crippen molar-refractivity contribution in [2.75, 3.05) is 11.4 Å². The number of rotatable bonds is 7. The third kappa shape index (κ3) is 4.79. The lowest BCUT2D eigenvalue weighted by Gasteiger charge is -2.18. The molecule has 0 aromatic heterocycles. The van der Waals surface area contributed by atoms with E-state index in [2.05, 4.69) is 5.32 Å². The maximum atomic E-state index is 12.3. The van der Waals surface area contributed by atoms with Crippen molar-refractivity contribution in [2.24, 2.45) is 5.92 Å². The Kier molecular flexibility index (Phi) is 5.74. The van der Waals surface area contributed by atoms with Gasteiger partial charge in [0.2, 0.25) is 11.8 Å². The molecule has 1 heterocycles. The Balaban J connectivity index is 2.00. The van der Waals surface area contributed by atoms with E-state index in [-0.39, 0.29) is 31.7 Å². The zero-order valence-electron chi connectivity index (χ0n) is 13.8. The van der Waals surface area contributed by atoms with Gasteiger partial charge >= 0.3 is 11.9 Å². The minimum atomic E-state index is -1.30. The van der Waals surface area contributed by atoms with E-state index in [9.17, 15) is 19.2 Å². The summed E-state index contributed by atoms with van der Waals surface area (Å²) in [6.45, 7) is 2.09. The molecule has 8 heteroatoms. The number of aryl methyl sites for hydroxylation is 1. The first-order chi connectivity index (χ1) is 11.8. The Hall–Kier alpha value is -2.90. The Morgan fingerprint density at radius 2 is 1.88 bits per heavy atom. The molecule has 2 atom stereocenters. The number of nitrogens with zero attached hydrogens (tertiary/aromatic N) is 1. The molecule has 0 radical (unpaired) electrons. The van der Waals surface area contributed by atoms with Crippen molar-refractivity contribution in [3.63, 3.8) is 0 Å². The summed E-state index contributed by atoms with van der Waals surface area (Å²) < 4.78 is 0. The lowest BCUT2D eigenvalue weighted by molar-refractivity contribution is -0.143. The second-order valence-corrected chi connectivity index (χ2v) is 6.07. The molecule has 8 nitrogen and oxygen atoms in total. The van der Waals surface area contributed by atoms with Crippen LogP contribution >= 0.6 is 0 Å². The van der Waals surface area contributed by atoms with Gasteiger partial charge in [-0.1, -0.05) is 17.7 Å². The Labute approximate surface area is 144 Å². The molecular weight excluding hydrogens is 328 g/mol. The zero-order chi connectivity index (χ0) is 18.6. The number of aliphatic carboxylic acids is 2. The number of hydrogen-bond donors (Lipinski definition) is 3. The maximum absolute atomic E-state index is 12.3. The van der Waals surface area contributed by atoms with E-state index >= 15 is 0 Å². The van der Waals surface area contributed by atoms with Crippen LogP contribution in [0.5, 0.6) is 0 Å². The first kappa shape index (κ1) is 18.4. The number of anilines is 1. The number of carboxylic acid groups (broad SMARTS) is 2. The maximum Gasteiger partial charge on any atom is 0.326 e. The number of carboxylic acids is 2.